The lowest BCUT2D eigenvalue weighted by molar-refractivity contribution is 0.184. The monoisotopic (exact) mass is 257 g/mol. The first-order valence-electron chi connectivity index (χ1n) is 6.30. The van der Waals surface area contributed by atoms with Crippen LogP contribution in [0.1, 0.15) is 16.7 Å². The molecule has 2 N–H and O–H groups in total. The maximum Gasteiger partial charge on any atom is 0.115 e. The third-order valence-electron chi connectivity index (χ3n) is 3.10. The highest BCUT2D eigenvalue weighted by Crippen LogP contribution is 2.21. The van der Waals surface area contributed by atoms with Gasteiger partial charge in [-0.25, -0.2) is 0 Å². The first-order valence-corrected chi connectivity index (χ1v) is 6.30. The maximum atomic E-state index is 9.39. The molecule has 0 saturated carbocycles. The molecule has 0 bridgehead atoms. The molecule has 19 heavy (non-hydrogen) atoms. The molecule has 0 saturated heterocycles. The number of nitrogens with one attached hydrogen (secondary N) is 1. The Balaban J connectivity index is 2.10. The molecule has 0 spiro atoms. The standard InChI is InChI=1S/C16H19NO2/c1-12-9-15(18)7-8-16(12)17-10-13-5-3-4-6-14(13)11-19-2/h3-9,17-18H,10-11H2,1-2H3. The van der Waals surface area contributed by atoms with Gasteiger partial charge in [0.1, 0.15) is 5.75 Å². The van der Waals surface area contributed by atoms with Crippen LogP contribution in [0, 0.1) is 6.92 Å². The van der Waals surface area contributed by atoms with E-state index in [2.05, 4.69) is 17.4 Å². The summed E-state index contributed by atoms with van der Waals surface area (Å²) in [6.45, 7) is 3.33. The topological polar surface area (TPSA) is 41.5 Å². The fraction of sp³-hybridized carbons (Fsp3) is 0.250. The Labute approximate surface area is 113 Å². The Morgan fingerprint density at radius 1 is 1.11 bits per heavy atom. The minimum absolute atomic E-state index is 0.294. The van der Waals surface area contributed by atoms with Crippen LogP contribution in [-0.4, -0.2) is 12.2 Å². The number of phenolic OH excluding ortho intramolecular Hbond substituents is 1. The minimum atomic E-state index is 0.294. The van der Waals surface area contributed by atoms with E-state index in [9.17, 15) is 5.11 Å². The zero-order valence-corrected chi connectivity index (χ0v) is 11.3. The fourth-order valence-corrected chi connectivity index (χ4v) is 2.06. The average Bonchev–Trinajstić information content (AvgIpc) is 2.40. The molecule has 0 radical (unpaired) electrons. The molecule has 100 valence electrons. The smallest absolute Gasteiger partial charge is 0.115 e. The quantitative estimate of drug-likeness (QED) is 0.806. The molecule has 3 nitrogen and oxygen atoms in total. The van der Waals surface area contributed by atoms with Crippen LogP contribution in [0.2, 0.25) is 0 Å². The van der Waals surface area contributed by atoms with Crippen molar-refractivity contribution in [2.45, 2.75) is 20.1 Å². The number of aromatic hydroxyl groups is 1. The summed E-state index contributed by atoms with van der Waals surface area (Å²) in [6, 6.07) is 13.5. The number of hydrogen-bond donors (Lipinski definition) is 2. The number of benzene rings is 2. The van der Waals surface area contributed by atoms with Crippen molar-refractivity contribution < 1.29 is 9.84 Å². The van der Waals surface area contributed by atoms with Crippen molar-refractivity contribution in [1.29, 1.82) is 0 Å². The Bertz CT molecular complexity index is 552. The van der Waals surface area contributed by atoms with E-state index < -0.39 is 0 Å². The van der Waals surface area contributed by atoms with E-state index in [-0.39, 0.29) is 0 Å². The van der Waals surface area contributed by atoms with Crippen LogP contribution >= 0.6 is 0 Å². The molecule has 0 aliphatic heterocycles. The normalized spacial score (nSPS) is 10.4. The highest BCUT2D eigenvalue weighted by atomic mass is 16.5. The molecule has 0 fully saturated rings. The van der Waals surface area contributed by atoms with Gasteiger partial charge >= 0.3 is 0 Å². The zero-order chi connectivity index (χ0) is 13.7. The first kappa shape index (κ1) is 13.4. The average molecular weight is 257 g/mol. The van der Waals surface area contributed by atoms with E-state index in [1.54, 1.807) is 19.2 Å². The van der Waals surface area contributed by atoms with Gasteiger partial charge in [-0.2, -0.15) is 0 Å². The second-order valence-corrected chi connectivity index (χ2v) is 4.55. The number of methoxy groups -OCH3 is 1. The van der Waals surface area contributed by atoms with Gasteiger partial charge in [-0.1, -0.05) is 24.3 Å². The van der Waals surface area contributed by atoms with Crippen LogP contribution in [-0.2, 0) is 17.9 Å². The van der Waals surface area contributed by atoms with Crippen molar-refractivity contribution in [2.75, 3.05) is 12.4 Å². The second kappa shape index (κ2) is 6.25. The molecule has 3 heteroatoms. The largest absolute Gasteiger partial charge is 0.508 e. The number of ether oxygens (including phenoxy) is 1. The van der Waals surface area contributed by atoms with E-state index in [1.807, 2.05) is 25.1 Å². The summed E-state index contributed by atoms with van der Waals surface area (Å²) in [5, 5.41) is 12.8. The van der Waals surface area contributed by atoms with Crippen LogP contribution in [0.4, 0.5) is 5.69 Å². The van der Waals surface area contributed by atoms with E-state index in [0.717, 1.165) is 17.8 Å². The van der Waals surface area contributed by atoms with Crippen LogP contribution in [0.25, 0.3) is 0 Å². The summed E-state index contributed by atoms with van der Waals surface area (Å²) in [6.07, 6.45) is 0. The lowest BCUT2D eigenvalue weighted by Crippen LogP contribution is -2.04. The Morgan fingerprint density at radius 2 is 1.84 bits per heavy atom. The van der Waals surface area contributed by atoms with Gasteiger partial charge in [-0.15, -0.1) is 0 Å². The molecule has 0 unspecified atom stereocenters. The summed E-state index contributed by atoms with van der Waals surface area (Å²) < 4.78 is 5.20. The van der Waals surface area contributed by atoms with Crippen LogP contribution < -0.4 is 5.32 Å². The van der Waals surface area contributed by atoms with E-state index in [1.165, 1.54) is 11.1 Å². The number of rotatable bonds is 5. The van der Waals surface area contributed by atoms with Crippen molar-refractivity contribution in [3.63, 3.8) is 0 Å². The van der Waals surface area contributed by atoms with Crippen LogP contribution in [0.3, 0.4) is 0 Å². The van der Waals surface area contributed by atoms with Gasteiger partial charge in [0.2, 0.25) is 0 Å². The SMILES string of the molecule is COCc1ccccc1CNc1ccc(O)cc1C. The summed E-state index contributed by atoms with van der Waals surface area (Å²) in [5.41, 5.74) is 4.47. The third-order valence-corrected chi connectivity index (χ3v) is 3.10. The predicted octanol–water partition coefficient (Wildman–Crippen LogP) is 3.46. The molecule has 0 amide bonds. The van der Waals surface area contributed by atoms with Gasteiger partial charge in [0.05, 0.1) is 6.61 Å². The first-order chi connectivity index (χ1) is 9.20. The molecular weight excluding hydrogens is 238 g/mol. The molecule has 2 aromatic rings. The van der Waals surface area contributed by atoms with Crippen LogP contribution in [0.5, 0.6) is 5.75 Å². The molecule has 0 aliphatic carbocycles. The zero-order valence-electron chi connectivity index (χ0n) is 11.3. The number of phenols is 1. The highest BCUT2D eigenvalue weighted by molar-refractivity contribution is 5.53. The van der Waals surface area contributed by atoms with E-state index >= 15 is 0 Å². The fourth-order valence-electron chi connectivity index (χ4n) is 2.06. The molecule has 2 rings (SSSR count). The lowest BCUT2D eigenvalue weighted by atomic mass is 10.1. The van der Waals surface area contributed by atoms with Gasteiger partial charge in [-0.3, -0.25) is 0 Å². The summed E-state index contributed by atoms with van der Waals surface area (Å²) in [5.74, 6) is 0.294. The van der Waals surface area contributed by atoms with Gasteiger partial charge < -0.3 is 15.2 Å². The van der Waals surface area contributed by atoms with Crippen molar-refractivity contribution in [3.05, 3.63) is 59.2 Å². The lowest BCUT2D eigenvalue weighted by Gasteiger charge is -2.13. The van der Waals surface area contributed by atoms with Crippen molar-refractivity contribution >= 4 is 5.69 Å². The van der Waals surface area contributed by atoms with Crippen molar-refractivity contribution in [2.24, 2.45) is 0 Å². The number of aryl methyl sites for hydroxylation is 1. The third kappa shape index (κ3) is 3.48. The highest BCUT2D eigenvalue weighted by Gasteiger charge is 2.03. The van der Waals surface area contributed by atoms with Gasteiger partial charge in [0.25, 0.3) is 0 Å². The minimum Gasteiger partial charge on any atom is -0.508 e. The van der Waals surface area contributed by atoms with Crippen LogP contribution in [0.15, 0.2) is 42.5 Å². The van der Waals surface area contributed by atoms with E-state index in [4.69, 9.17) is 4.74 Å². The van der Waals surface area contributed by atoms with Crippen molar-refractivity contribution in [1.82, 2.24) is 0 Å². The van der Waals surface area contributed by atoms with Gasteiger partial charge in [0, 0.05) is 19.3 Å². The van der Waals surface area contributed by atoms with Gasteiger partial charge in [0.15, 0.2) is 0 Å². The summed E-state index contributed by atoms with van der Waals surface area (Å²) in [7, 11) is 1.70. The maximum absolute atomic E-state index is 9.39. The number of hydrogen-bond acceptors (Lipinski definition) is 3. The Morgan fingerprint density at radius 3 is 2.53 bits per heavy atom. The summed E-state index contributed by atoms with van der Waals surface area (Å²) in [4.78, 5) is 0. The molecule has 0 heterocycles. The predicted molar refractivity (Wildman–Crippen MR) is 77.3 cm³/mol. The van der Waals surface area contributed by atoms with E-state index in [0.29, 0.717) is 12.4 Å². The Kier molecular flexibility index (Phi) is 4.42. The van der Waals surface area contributed by atoms with Gasteiger partial charge in [-0.05, 0) is 41.8 Å². The molecule has 2 aromatic carbocycles. The molecule has 0 aromatic heterocycles. The Hall–Kier alpha value is -2.00. The second-order valence-electron chi connectivity index (χ2n) is 4.55. The molecule has 0 atom stereocenters. The summed E-state index contributed by atoms with van der Waals surface area (Å²) >= 11 is 0. The molecule has 0 aliphatic rings. The molecular formula is C16H19NO2. The number of anilines is 1. The van der Waals surface area contributed by atoms with Crippen molar-refractivity contribution in [3.8, 4) is 5.75 Å².